The summed E-state index contributed by atoms with van der Waals surface area (Å²) in [5.41, 5.74) is 1.18. The minimum atomic E-state index is 0.852. The number of rotatable bonds is 3. The molecule has 4 heteroatoms. The van der Waals surface area contributed by atoms with E-state index >= 15 is 0 Å². The van der Waals surface area contributed by atoms with Crippen LogP contribution in [0.5, 0.6) is 0 Å². The average Bonchev–Trinajstić information content (AvgIpc) is 2.33. The Bertz CT molecular complexity index is 228. The van der Waals surface area contributed by atoms with Crippen LogP contribution in [0.15, 0.2) is 6.07 Å². The van der Waals surface area contributed by atoms with Gasteiger partial charge in [-0.15, -0.1) is 0 Å². The molecule has 1 aromatic rings. The Morgan fingerprint density at radius 1 is 1.55 bits per heavy atom. The van der Waals surface area contributed by atoms with Crippen molar-refractivity contribution < 1.29 is 0 Å². The lowest BCUT2D eigenvalue weighted by molar-refractivity contribution is 0.673. The first-order valence-electron chi connectivity index (χ1n) is 3.63. The summed E-state index contributed by atoms with van der Waals surface area (Å²) in [6.45, 7) is 0.852. The van der Waals surface area contributed by atoms with E-state index in [4.69, 9.17) is 0 Å². The number of aromatic nitrogens is 2. The second kappa shape index (κ2) is 3.39. The first-order chi connectivity index (χ1) is 5.27. The summed E-state index contributed by atoms with van der Waals surface area (Å²) in [6.07, 6.45) is 0. The van der Waals surface area contributed by atoms with E-state index in [1.807, 2.05) is 31.9 Å². The molecule has 0 radical (unpaired) electrons. The minimum Gasteiger partial charge on any atom is -0.372 e. The Hall–Kier alpha value is -1.03. The van der Waals surface area contributed by atoms with E-state index in [1.165, 1.54) is 5.69 Å². The van der Waals surface area contributed by atoms with E-state index in [9.17, 15) is 0 Å². The summed E-state index contributed by atoms with van der Waals surface area (Å²) in [6, 6.07) is 2.02. The molecular weight excluding hydrogens is 140 g/mol. The topological polar surface area (TPSA) is 41.9 Å². The van der Waals surface area contributed by atoms with Gasteiger partial charge in [-0.2, -0.15) is 5.10 Å². The van der Waals surface area contributed by atoms with Gasteiger partial charge in [-0.3, -0.25) is 4.68 Å². The van der Waals surface area contributed by atoms with Crippen molar-refractivity contribution in [2.24, 2.45) is 7.05 Å². The van der Waals surface area contributed by atoms with Gasteiger partial charge in [0.25, 0.3) is 0 Å². The molecule has 0 saturated carbocycles. The van der Waals surface area contributed by atoms with Gasteiger partial charge in [0.2, 0.25) is 0 Å². The smallest absolute Gasteiger partial charge is 0.148 e. The SMILES string of the molecule is CNCc1cc(NC)nn1C. The Morgan fingerprint density at radius 2 is 2.27 bits per heavy atom. The molecule has 62 valence electrons. The van der Waals surface area contributed by atoms with Crippen LogP contribution in [0.25, 0.3) is 0 Å². The van der Waals surface area contributed by atoms with E-state index in [-0.39, 0.29) is 0 Å². The average molecular weight is 154 g/mol. The second-order valence-corrected chi connectivity index (χ2v) is 2.42. The summed E-state index contributed by atoms with van der Waals surface area (Å²) in [5.74, 6) is 0.915. The maximum absolute atomic E-state index is 4.21. The molecule has 0 fully saturated rings. The normalized spacial score (nSPS) is 10.1. The number of anilines is 1. The molecule has 0 aliphatic heterocycles. The third kappa shape index (κ3) is 1.71. The quantitative estimate of drug-likeness (QED) is 0.652. The van der Waals surface area contributed by atoms with Gasteiger partial charge in [0.1, 0.15) is 5.82 Å². The molecule has 0 atom stereocenters. The van der Waals surface area contributed by atoms with Crippen LogP contribution in [0.1, 0.15) is 5.69 Å². The first kappa shape index (κ1) is 8.07. The van der Waals surface area contributed by atoms with Crippen LogP contribution < -0.4 is 10.6 Å². The number of hydrogen-bond donors (Lipinski definition) is 2. The van der Waals surface area contributed by atoms with Gasteiger partial charge < -0.3 is 10.6 Å². The zero-order chi connectivity index (χ0) is 8.27. The molecule has 11 heavy (non-hydrogen) atoms. The minimum absolute atomic E-state index is 0.852. The molecule has 0 aliphatic rings. The van der Waals surface area contributed by atoms with Crippen molar-refractivity contribution in [3.8, 4) is 0 Å². The summed E-state index contributed by atoms with van der Waals surface area (Å²) in [7, 11) is 5.73. The van der Waals surface area contributed by atoms with Gasteiger partial charge in [0, 0.05) is 26.7 Å². The van der Waals surface area contributed by atoms with Crippen molar-refractivity contribution in [2.75, 3.05) is 19.4 Å². The lowest BCUT2D eigenvalue weighted by Gasteiger charge is -1.97. The molecule has 0 bridgehead atoms. The highest BCUT2D eigenvalue weighted by Gasteiger charge is 2.00. The largest absolute Gasteiger partial charge is 0.372 e. The first-order valence-corrected chi connectivity index (χ1v) is 3.63. The van der Waals surface area contributed by atoms with Gasteiger partial charge >= 0.3 is 0 Å². The Kier molecular flexibility index (Phi) is 2.48. The van der Waals surface area contributed by atoms with Crippen molar-refractivity contribution in [1.29, 1.82) is 0 Å². The molecule has 2 N–H and O–H groups in total. The molecule has 1 heterocycles. The highest BCUT2D eigenvalue weighted by Crippen LogP contribution is 2.06. The van der Waals surface area contributed by atoms with Crippen LogP contribution in [0.2, 0.25) is 0 Å². The summed E-state index contributed by atoms with van der Waals surface area (Å²) in [5, 5.41) is 10.3. The molecule has 4 nitrogen and oxygen atoms in total. The zero-order valence-electron chi connectivity index (χ0n) is 7.18. The van der Waals surface area contributed by atoms with E-state index in [2.05, 4.69) is 15.7 Å². The maximum Gasteiger partial charge on any atom is 0.148 e. The van der Waals surface area contributed by atoms with E-state index in [0.29, 0.717) is 0 Å². The summed E-state index contributed by atoms with van der Waals surface area (Å²) < 4.78 is 1.86. The highest BCUT2D eigenvalue weighted by atomic mass is 15.3. The van der Waals surface area contributed by atoms with Crippen molar-refractivity contribution in [1.82, 2.24) is 15.1 Å². The van der Waals surface area contributed by atoms with E-state index < -0.39 is 0 Å². The molecule has 0 aromatic carbocycles. The predicted molar refractivity (Wildman–Crippen MR) is 45.5 cm³/mol. The molecule has 1 aromatic heterocycles. The van der Waals surface area contributed by atoms with E-state index in [0.717, 1.165) is 12.4 Å². The number of hydrogen-bond acceptors (Lipinski definition) is 3. The summed E-state index contributed by atoms with van der Waals surface area (Å²) in [4.78, 5) is 0. The molecule has 0 aliphatic carbocycles. The van der Waals surface area contributed by atoms with Crippen LogP contribution in [0, 0.1) is 0 Å². The number of nitrogens with one attached hydrogen (secondary N) is 2. The molecule has 1 rings (SSSR count). The van der Waals surface area contributed by atoms with Crippen LogP contribution in [0.4, 0.5) is 5.82 Å². The van der Waals surface area contributed by atoms with Gasteiger partial charge in [0.15, 0.2) is 0 Å². The number of nitrogens with zero attached hydrogens (tertiary/aromatic N) is 2. The van der Waals surface area contributed by atoms with Crippen LogP contribution >= 0.6 is 0 Å². The fraction of sp³-hybridized carbons (Fsp3) is 0.571. The monoisotopic (exact) mass is 154 g/mol. The van der Waals surface area contributed by atoms with Crippen molar-refractivity contribution >= 4 is 5.82 Å². The van der Waals surface area contributed by atoms with Gasteiger partial charge in [-0.05, 0) is 7.05 Å². The predicted octanol–water partition coefficient (Wildman–Crippen LogP) is 0.181. The molecule has 0 unspecified atom stereocenters. The van der Waals surface area contributed by atoms with E-state index in [1.54, 1.807) is 0 Å². The molecular formula is C7H14N4. The Balaban J connectivity index is 2.79. The highest BCUT2D eigenvalue weighted by molar-refractivity contribution is 5.34. The Labute approximate surface area is 66.6 Å². The second-order valence-electron chi connectivity index (χ2n) is 2.42. The zero-order valence-corrected chi connectivity index (χ0v) is 7.18. The summed E-state index contributed by atoms with van der Waals surface area (Å²) >= 11 is 0. The standard InChI is InChI=1S/C7H14N4/c1-8-5-6-4-7(9-2)10-11(6)3/h4,8H,5H2,1-3H3,(H,9,10). The number of aryl methyl sites for hydroxylation is 1. The fourth-order valence-electron chi connectivity index (χ4n) is 0.975. The molecule has 0 saturated heterocycles. The third-order valence-corrected chi connectivity index (χ3v) is 1.59. The molecule has 0 spiro atoms. The van der Waals surface area contributed by atoms with Gasteiger partial charge in [0.05, 0.1) is 5.69 Å². The van der Waals surface area contributed by atoms with Crippen molar-refractivity contribution in [3.05, 3.63) is 11.8 Å². The van der Waals surface area contributed by atoms with Crippen LogP contribution in [-0.4, -0.2) is 23.9 Å². The lowest BCUT2D eigenvalue weighted by atomic mass is 10.4. The van der Waals surface area contributed by atoms with Crippen molar-refractivity contribution in [3.63, 3.8) is 0 Å². The van der Waals surface area contributed by atoms with Gasteiger partial charge in [-0.25, -0.2) is 0 Å². The third-order valence-electron chi connectivity index (χ3n) is 1.59. The van der Waals surface area contributed by atoms with Crippen molar-refractivity contribution in [2.45, 2.75) is 6.54 Å². The molecule has 0 amide bonds. The maximum atomic E-state index is 4.21. The van der Waals surface area contributed by atoms with Crippen LogP contribution in [0.3, 0.4) is 0 Å². The fourth-order valence-corrected chi connectivity index (χ4v) is 0.975. The lowest BCUT2D eigenvalue weighted by Crippen LogP contribution is -2.09. The van der Waals surface area contributed by atoms with Gasteiger partial charge in [-0.1, -0.05) is 0 Å². The Morgan fingerprint density at radius 3 is 2.73 bits per heavy atom. The van der Waals surface area contributed by atoms with Crippen LogP contribution in [-0.2, 0) is 13.6 Å².